The van der Waals surface area contributed by atoms with Gasteiger partial charge in [0.25, 0.3) is 0 Å². The van der Waals surface area contributed by atoms with Crippen molar-refractivity contribution in [2.75, 3.05) is 24.9 Å². The number of ether oxygens (including phenoxy) is 2. The van der Waals surface area contributed by atoms with Gasteiger partial charge in [0.1, 0.15) is 5.82 Å². The molecule has 2 aromatic rings. The van der Waals surface area contributed by atoms with Gasteiger partial charge in [-0.1, -0.05) is 18.2 Å². The zero-order valence-electron chi connectivity index (χ0n) is 14.6. The lowest BCUT2D eigenvalue weighted by Crippen LogP contribution is -2.32. The van der Waals surface area contributed by atoms with Gasteiger partial charge in [0.05, 0.1) is 11.9 Å². The SMILES string of the molecule is CS(=O)(=O)N(CCC(=O)Nc1ccccc1F)Cc1ccc2c(c1)OCO2. The molecule has 0 unspecified atom stereocenters. The Morgan fingerprint density at radius 3 is 2.67 bits per heavy atom. The molecule has 0 aromatic heterocycles. The molecule has 0 radical (unpaired) electrons. The van der Waals surface area contributed by atoms with Crippen molar-refractivity contribution < 1.29 is 27.1 Å². The van der Waals surface area contributed by atoms with Gasteiger partial charge >= 0.3 is 0 Å². The topological polar surface area (TPSA) is 84.9 Å². The van der Waals surface area contributed by atoms with Gasteiger partial charge < -0.3 is 14.8 Å². The van der Waals surface area contributed by atoms with Crippen LogP contribution in [0, 0.1) is 5.82 Å². The Labute approximate surface area is 156 Å². The first kappa shape index (κ1) is 19.1. The van der Waals surface area contributed by atoms with Crippen molar-refractivity contribution in [2.24, 2.45) is 0 Å². The van der Waals surface area contributed by atoms with Gasteiger partial charge in [-0.15, -0.1) is 0 Å². The number of carbonyl (C=O) groups excluding carboxylic acids is 1. The van der Waals surface area contributed by atoms with Crippen LogP contribution in [0.3, 0.4) is 0 Å². The fourth-order valence-electron chi connectivity index (χ4n) is 2.61. The number of hydrogen-bond acceptors (Lipinski definition) is 5. The average molecular weight is 394 g/mol. The van der Waals surface area contributed by atoms with E-state index in [1.807, 2.05) is 0 Å². The second-order valence-electron chi connectivity index (χ2n) is 6.06. The largest absolute Gasteiger partial charge is 0.454 e. The van der Waals surface area contributed by atoms with Crippen molar-refractivity contribution in [2.45, 2.75) is 13.0 Å². The van der Waals surface area contributed by atoms with E-state index in [2.05, 4.69) is 5.32 Å². The van der Waals surface area contributed by atoms with E-state index in [-0.39, 0.29) is 32.0 Å². The molecular weight excluding hydrogens is 375 g/mol. The number of nitrogens with one attached hydrogen (secondary N) is 1. The van der Waals surface area contributed by atoms with Crippen molar-refractivity contribution >= 4 is 21.6 Å². The van der Waals surface area contributed by atoms with Crippen LogP contribution in [-0.2, 0) is 21.4 Å². The van der Waals surface area contributed by atoms with E-state index in [0.717, 1.165) is 6.26 Å². The highest BCUT2D eigenvalue weighted by molar-refractivity contribution is 7.88. The predicted molar refractivity (Wildman–Crippen MR) is 97.5 cm³/mol. The maximum absolute atomic E-state index is 13.6. The lowest BCUT2D eigenvalue weighted by molar-refractivity contribution is -0.116. The molecule has 27 heavy (non-hydrogen) atoms. The molecule has 1 aliphatic heterocycles. The third kappa shape index (κ3) is 4.95. The third-order valence-electron chi connectivity index (χ3n) is 4.00. The lowest BCUT2D eigenvalue weighted by atomic mass is 10.2. The molecule has 144 valence electrons. The summed E-state index contributed by atoms with van der Waals surface area (Å²) < 4.78 is 49.4. The van der Waals surface area contributed by atoms with Gasteiger partial charge in [-0.2, -0.15) is 4.31 Å². The van der Waals surface area contributed by atoms with Crippen LogP contribution in [0.1, 0.15) is 12.0 Å². The van der Waals surface area contributed by atoms with Gasteiger partial charge in [0.2, 0.25) is 22.7 Å². The molecule has 9 heteroatoms. The zero-order chi connectivity index (χ0) is 19.4. The third-order valence-corrected chi connectivity index (χ3v) is 5.25. The van der Waals surface area contributed by atoms with E-state index in [1.54, 1.807) is 24.3 Å². The quantitative estimate of drug-likeness (QED) is 0.779. The van der Waals surface area contributed by atoms with Crippen molar-refractivity contribution in [3.05, 3.63) is 53.8 Å². The van der Waals surface area contributed by atoms with Gasteiger partial charge in [0, 0.05) is 19.5 Å². The van der Waals surface area contributed by atoms with Crippen LogP contribution in [0.25, 0.3) is 0 Å². The Morgan fingerprint density at radius 1 is 1.19 bits per heavy atom. The summed E-state index contributed by atoms with van der Waals surface area (Å²) in [6.07, 6.45) is 0.973. The molecule has 0 saturated heterocycles. The monoisotopic (exact) mass is 394 g/mol. The van der Waals surface area contributed by atoms with Crippen LogP contribution in [0.5, 0.6) is 11.5 Å². The molecule has 0 spiro atoms. The van der Waals surface area contributed by atoms with Crippen LogP contribution in [0.15, 0.2) is 42.5 Å². The normalized spacial score (nSPS) is 13.0. The van der Waals surface area contributed by atoms with Crippen LogP contribution in [0.4, 0.5) is 10.1 Å². The minimum Gasteiger partial charge on any atom is -0.454 e. The van der Waals surface area contributed by atoms with Crippen molar-refractivity contribution in [1.82, 2.24) is 4.31 Å². The van der Waals surface area contributed by atoms with Crippen LogP contribution >= 0.6 is 0 Å². The molecule has 7 nitrogen and oxygen atoms in total. The molecule has 0 bridgehead atoms. The summed E-state index contributed by atoms with van der Waals surface area (Å²) in [6, 6.07) is 10.9. The van der Waals surface area contributed by atoms with Crippen molar-refractivity contribution in [3.63, 3.8) is 0 Å². The summed E-state index contributed by atoms with van der Waals surface area (Å²) in [7, 11) is -3.55. The van der Waals surface area contributed by atoms with Gasteiger partial charge in [-0.3, -0.25) is 4.79 Å². The highest BCUT2D eigenvalue weighted by Crippen LogP contribution is 2.33. The molecular formula is C18H19FN2O5S. The number of fused-ring (bicyclic) bond motifs is 1. The number of halogens is 1. The maximum Gasteiger partial charge on any atom is 0.231 e. The molecule has 1 amide bonds. The first-order valence-electron chi connectivity index (χ1n) is 8.21. The number of rotatable bonds is 7. The number of sulfonamides is 1. The van der Waals surface area contributed by atoms with Gasteiger partial charge in [-0.25, -0.2) is 12.8 Å². The van der Waals surface area contributed by atoms with E-state index < -0.39 is 21.7 Å². The number of anilines is 1. The smallest absolute Gasteiger partial charge is 0.231 e. The first-order chi connectivity index (χ1) is 12.8. The second-order valence-corrected chi connectivity index (χ2v) is 8.04. The fraction of sp³-hybridized carbons (Fsp3) is 0.278. The zero-order valence-corrected chi connectivity index (χ0v) is 15.5. The number of nitrogens with zero attached hydrogens (tertiary/aromatic N) is 1. The van der Waals surface area contributed by atoms with Crippen LogP contribution < -0.4 is 14.8 Å². The average Bonchev–Trinajstić information content (AvgIpc) is 3.07. The Hall–Kier alpha value is -2.65. The van der Waals surface area contributed by atoms with E-state index in [4.69, 9.17) is 9.47 Å². The summed E-state index contributed by atoms with van der Waals surface area (Å²) in [4.78, 5) is 12.1. The molecule has 0 saturated carbocycles. The molecule has 0 fully saturated rings. The Morgan fingerprint density at radius 2 is 1.93 bits per heavy atom. The molecule has 1 aliphatic rings. The summed E-state index contributed by atoms with van der Waals surface area (Å²) >= 11 is 0. The number of para-hydroxylation sites is 1. The first-order valence-corrected chi connectivity index (χ1v) is 10.1. The fourth-order valence-corrected chi connectivity index (χ4v) is 3.41. The molecule has 0 aliphatic carbocycles. The lowest BCUT2D eigenvalue weighted by Gasteiger charge is -2.20. The van der Waals surface area contributed by atoms with Crippen molar-refractivity contribution in [3.8, 4) is 11.5 Å². The second kappa shape index (κ2) is 7.93. The van der Waals surface area contributed by atoms with Crippen LogP contribution in [0.2, 0.25) is 0 Å². The number of amides is 1. The number of benzene rings is 2. The van der Waals surface area contributed by atoms with Crippen molar-refractivity contribution in [1.29, 1.82) is 0 Å². The predicted octanol–water partition coefficient (Wildman–Crippen LogP) is 2.34. The summed E-state index contributed by atoms with van der Waals surface area (Å²) in [5.41, 5.74) is 0.767. The standard InChI is InChI=1S/C18H19FN2O5S/c1-27(23,24)21(11-13-6-7-16-17(10-13)26-12-25-16)9-8-18(22)20-15-5-3-2-4-14(15)19/h2-7,10H,8-9,11-12H2,1H3,(H,20,22). The summed E-state index contributed by atoms with van der Waals surface area (Å²) in [6.45, 7) is 0.181. The molecule has 0 atom stereocenters. The number of hydrogen-bond donors (Lipinski definition) is 1. The minimum atomic E-state index is -3.55. The molecule has 3 rings (SSSR count). The molecule has 1 heterocycles. The summed E-state index contributed by atoms with van der Waals surface area (Å²) in [5.74, 6) is 0.137. The minimum absolute atomic E-state index is 0.0342. The van der Waals surface area contributed by atoms with Gasteiger partial charge in [0.15, 0.2) is 11.5 Å². The van der Waals surface area contributed by atoms with E-state index in [1.165, 1.54) is 22.5 Å². The molecule has 2 aromatic carbocycles. The summed E-state index contributed by atoms with van der Waals surface area (Å²) in [5, 5.41) is 2.44. The highest BCUT2D eigenvalue weighted by Gasteiger charge is 2.20. The Balaban J connectivity index is 1.64. The van der Waals surface area contributed by atoms with E-state index in [0.29, 0.717) is 17.1 Å². The Kier molecular flexibility index (Phi) is 5.62. The number of carbonyl (C=O) groups is 1. The van der Waals surface area contributed by atoms with Crippen LogP contribution in [-0.4, -0.2) is 38.2 Å². The van der Waals surface area contributed by atoms with Gasteiger partial charge in [-0.05, 0) is 29.8 Å². The Bertz CT molecular complexity index is 949. The van der Waals surface area contributed by atoms with E-state index >= 15 is 0 Å². The highest BCUT2D eigenvalue weighted by atomic mass is 32.2. The van der Waals surface area contributed by atoms with E-state index in [9.17, 15) is 17.6 Å². The molecule has 1 N–H and O–H groups in total. The maximum atomic E-state index is 13.6.